The van der Waals surface area contributed by atoms with Gasteiger partial charge in [-0.25, -0.2) is 0 Å². The van der Waals surface area contributed by atoms with E-state index in [1.54, 1.807) is 4.90 Å². The van der Waals surface area contributed by atoms with Crippen molar-refractivity contribution in [2.45, 2.75) is 87.0 Å². The molecule has 4 N–H and O–H groups in total. The van der Waals surface area contributed by atoms with Crippen LogP contribution >= 0.6 is 0 Å². The number of nitrogens with zero attached hydrogens (tertiary/aromatic N) is 5. The molecule has 0 saturated carbocycles. The largest absolute Gasteiger partial charge is 0.432 e. The zero-order valence-electron chi connectivity index (χ0n) is 36.5. The summed E-state index contributed by atoms with van der Waals surface area (Å²) in [6, 6.07) is 34.1. The third-order valence-corrected chi connectivity index (χ3v) is 17.7. The van der Waals surface area contributed by atoms with Crippen LogP contribution in [0.4, 0.5) is 28.4 Å². The van der Waals surface area contributed by atoms with E-state index >= 15 is 4.79 Å². The van der Waals surface area contributed by atoms with E-state index in [4.69, 9.17) is 4.74 Å². The van der Waals surface area contributed by atoms with E-state index in [0.717, 1.165) is 61.6 Å². The molecule has 0 bridgehead atoms. The van der Waals surface area contributed by atoms with Gasteiger partial charge in [0.05, 0.1) is 31.7 Å². The number of amides is 3. The number of para-hydroxylation sites is 2. The molecule has 4 aromatic carbocycles. The maximum Gasteiger partial charge on any atom is 0.264 e. The summed E-state index contributed by atoms with van der Waals surface area (Å²) in [5, 5.41) is 17.1. The van der Waals surface area contributed by atoms with Crippen molar-refractivity contribution in [3.05, 3.63) is 114 Å². The predicted molar refractivity (Wildman–Crippen MR) is 247 cm³/mol. The fraction of sp³-hybridized carbons (Fsp3) is 0.449. The Balaban J connectivity index is 0.998. The molecule has 6 aliphatic heterocycles. The molecule has 3 spiro atoms. The fourth-order valence-corrected chi connectivity index (χ4v) is 14.7. The summed E-state index contributed by atoms with van der Waals surface area (Å²) in [5.41, 5.74) is 2.69. The number of piperidine rings is 2. The Bertz CT molecular complexity index is 2370. The number of benzene rings is 4. The van der Waals surface area contributed by atoms with E-state index in [1.807, 2.05) is 109 Å². The molecule has 13 nitrogen and oxygen atoms in total. The molecule has 4 atom stereocenters. The Morgan fingerprint density at radius 1 is 0.683 bits per heavy atom. The summed E-state index contributed by atoms with van der Waals surface area (Å²) in [6.07, 6.45) is 2.55. The predicted octanol–water partition coefficient (Wildman–Crippen LogP) is 5.28. The quantitative estimate of drug-likeness (QED) is 0.164. The van der Waals surface area contributed by atoms with Crippen molar-refractivity contribution < 1.29 is 29.0 Å². The number of carbonyl (C=O) groups excluding carboxylic acids is 3. The highest BCUT2D eigenvalue weighted by Crippen LogP contribution is 2.60. The molecule has 5 fully saturated rings. The second-order valence-corrected chi connectivity index (χ2v) is 22.9. The molecular formula is C49H59N7O6Si. The number of aliphatic hydroxyl groups is 1. The van der Waals surface area contributed by atoms with Crippen LogP contribution in [0.15, 0.2) is 103 Å². The van der Waals surface area contributed by atoms with E-state index in [9.17, 15) is 19.5 Å². The molecule has 4 aromatic rings. The van der Waals surface area contributed by atoms with Gasteiger partial charge in [0.1, 0.15) is 11.1 Å². The summed E-state index contributed by atoms with van der Waals surface area (Å²) in [6.45, 7) is 9.71. The van der Waals surface area contributed by atoms with Gasteiger partial charge in [0, 0.05) is 46.4 Å². The highest BCUT2D eigenvalue weighted by molar-refractivity contribution is 6.71. The minimum Gasteiger partial charge on any atom is -0.432 e. The van der Waals surface area contributed by atoms with Crippen LogP contribution in [0.2, 0.25) is 18.6 Å². The number of hydrogen-bond acceptors (Lipinski definition) is 10. The number of carbonyl (C=O) groups is 3. The van der Waals surface area contributed by atoms with Gasteiger partial charge >= 0.3 is 0 Å². The molecule has 6 heterocycles. The molecule has 330 valence electrons. The zero-order valence-corrected chi connectivity index (χ0v) is 37.5. The van der Waals surface area contributed by atoms with Gasteiger partial charge in [-0.2, -0.15) is 0 Å². The molecule has 5 saturated heterocycles. The monoisotopic (exact) mass is 869 g/mol. The summed E-state index contributed by atoms with van der Waals surface area (Å²) in [4.78, 5) is 66.4. The maximum atomic E-state index is 15.4. The Hall–Kier alpha value is -5.09. The SMILES string of the molecule is C[C@@H]1[C@@H]([Si](C)(C)O)[C@H](CCO)O[C@@]12C(=O)N(Cc1ccc(N3CN(c4ccccc4)C4(CCNCC4)C3=O)cc1)c1ccc(N3CN(c4ccccc4)C4(CCNCC4)C3=O)cc12. The van der Waals surface area contributed by atoms with Crippen LogP contribution < -0.4 is 35.1 Å². The van der Waals surface area contributed by atoms with Gasteiger partial charge in [-0.05, 0) is 132 Å². The average Bonchev–Trinajstić information content (AvgIpc) is 3.93. The lowest BCUT2D eigenvalue weighted by molar-refractivity contribution is -0.146. The van der Waals surface area contributed by atoms with Crippen molar-refractivity contribution in [3.8, 4) is 0 Å². The summed E-state index contributed by atoms with van der Waals surface area (Å²) in [5.74, 6) is -0.495. The van der Waals surface area contributed by atoms with Crippen molar-refractivity contribution >= 4 is 54.5 Å². The molecule has 0 aromatic heterocycles. The van der Waals surface area contributed by atoms with Crippen molar-refractivity contribution in [1.82, 2.24) is 10.6 Å². The Morgan fingerprint density at radius 3 is 1.70 bits per heavy atom. The molecule has 63 heavy (non-hydrogen) atoms. The molecule has 0 unspecified atom stereocenters. The Labute approximate surface area is 370 Å². The zero-order chi connectivity index (χ0) is 43.7. The number of ether oxygens (including phenoxy) is 1. The van der Waals surface area contributed by atoms with Crippen LogP contribution in [-0.2, 0) is 31.3 Å². The smallest absolute Gasteiger partial charge is 0.264 e. The minimum atomic E-state index is -2.94. The average molecular weight is 870 g/mol. The van der Waals surface area contributed by atoms with Gasteiger partial charge in [-0.1, -0.05) is 55.5 Å². The topological polar surface area (TPSA) is 141 Å². The molecule has 0 radical (unpaired) electrons. The van der Waals surface area contributed by atoms with Gasteiger partial charge in [0.15, 0.2) is 13.9 Å². The van der Waals surface area contributed by atoms with Crippen LogP contribution in [0.3, 0.4) is 0 Å². The number of aliphatic hydroxyl groups excluding tert-OH is 1. The molecule has 3 amide bonds. The summed E-state index contributed by atoms with van der Waals surface area (Å²) >= 11 is 0. The van der Waals surface area contributed by atoms with E-state index < -0.39 is 37.0 Å². The lowest BCUT2D eigenvalue weighted by atomic mass is 9.82. The van der Waals surface area contributed by atoms with Gasteiger partial charge < -0.3 is 40.0 Å². The van der Waals surface area contributed by atoms with E-state index in [-0.39, 0.29) is 36.4 Å². The first-order chi connectivity index (χ1) is 30.4. The van der Waals surface area contributed by atoms with Crippen molar-refractivity contribution in [2.24, 2.45) is 5.92 Å². The van der Waals surface area contributed by atoms with Crippen molar-refractivity contribution in [1.29, 1.82) is 0 Å². The number of rotatable bonds is 9. The van der Waals surface area contributed by atoms with Gasteiger partial charge in [0.25, 0.3) is 17.7 Å². The fourth-order valence-electron chi connectivity index (χ4n) is 12.1. The normalized spacial score (nSPS) is 26.6. The van der Waals surface area contributed by atoms with E-state index in [1.165, 1.54) is 0 Å². The first-order valence-corrected chi connectivity index (χ1v) is 25.7. The first kappa shape index (κ1) is 41.9. The second kappa shape index (κ2) is 15.9. The standard InChI is InChI=1S/C49H59N7O6Si/c1-34-43(63(2,3)61)42(20-29-57)62-49(34)40-30-39(54-33-56(38-12-8-5-9-13-38)48(45(54)59)23-27-51-28-24-48)18-19-41(40)52(46(49)60)31-35-14-16-36(17-15-35)53-32-55(37-10-6-4-7-11-37)47(44(53)58)21-25-50-26-22-47/h4-19,30,34,42-43,50-51,57,61H,20-29,31-33H2,1-3H3/t34-,42+,43-,49+/m1/s1. The highest BCUT2D eigenvalue weighted by atomic mass is 28.4. The molecular weight excluding hydrogens is 811 g/mol. The third kappa shape index (κ3) is 6.54. The molecule has 10 rings (SSSR count). The maximum absolute atomic E-state index is 15.4. The van der Waals surface area contributed by atoms with Crippen molar-refractivity contribution in [3.63, 3.8) is 0 Å². The van der Waals surface area contributed by atoms with Crippen LogP contribution in [0, 0.1) is 5.92 Å². The molecule has 14 heteroatoms. The van der Waals surface area contributed by atoms with Gasteiger partial charge in [-0.3, -0.25) is 24.2 Å². The molecule has 6 aliphatic rings. The van der Waals surface area contributed by atoms with Gasteiger partial charge in [0.2, 0.25) is 0 Å². The Morgan fingerprint density at radius 2 is 1.19 bits per heavy atom. The highest BCUT2D eigenvalue weighted by Gasteiger charge is 2.66. The number of nitrogens with one attached hydrogen (secondary N) is 2. The van der Waals surface area contributed by atoms with Crippen LogP contribution in [0.1, 0.15) is 50.2 Å². The lowest BCUT2D eigenvalue weighted by Crippen LogP contribution is -2.55. The number of anilines is 5. The van der Waals surface area contributed by atoms with Crippen LogP contribution in [0.5, 0.6) is 0 Å². The number of hydrogen-bond donors (Lipinski definition) is 4. The lowest BCUT2D eigenvalue weighted by Gasteiger charge is -2.39. The van der Waals surface area contributed by atoms with E-state index in [2.05, 4.69) is 44.7 Å². The van der Waals surface area contributed by atoms with Crippen LogP contribution in [-0.4, -0.2) is 99.2 Å². The van der Waals surface area contributed by atoms with Gasteiger partial charge in [-0.15, -0.1) is 0 Å². The first-order valence-electron chi connectivity index (χ1n) is 22.7. The Kier molecular flexibility index (Phi) is 10.5. The molecule has 0 aliphatic carbocycles. The minimum absolute atomic E-state index is 0.0397. The van der Waals surface area contributed by atoms with Crippen LogP contribution in [0.25, 0.3) is 0 Å². The third-order valence-electron chi connectivity index (χ3n) is 15.2. The summed E-state index contributed by atoms with van der Waals surface area (Å²) in [7, 11) is -2.94. The second-order valence-electron chi connectivity index (χ2n) is 19.0. The number of fused-ring (bicyclic) bond motifs is 2. The van der Waals surface area contributed by atoms with E-state index in [0.29, 0.717) is 49.5 Å². The van der Waals surface area contributed by atoms with Crippen molar-refractivity contribution in [2.75, 3.05) is 70.6 Å². The summed E-state index contributed by atoms with van der Waals surface area (Å²) < 4.78 is 7.00.